The Morgan fingerprint density at radius 1 is 1.79 bits per heavy atom. The van der Waals surface area contributed by atoms with Gasteiger partial charge in [0.05, 0.1) is 0 Å². The average Bonchev–Trinajstić information content (AvgIpc) is 2.57. The van der Waals surface area contributed by atoms with Crippen LogP contribution in [0, 0.1) is 0 Å². The highest BCUT2D eigenvalue weighted by Gasteiger charge is 2.20. The van der Waals surface area contributed by atoms with Crippen LogP contribution >= 0.6 is 11.3 Å². The second-order valence-corrected chi connectivity index (χ2v) is 3.92. The zero-order valence-electron chi connectivity index (χ0n) is 8.01. The molecule has 0 aliphatic rings. The second kappa shape index (κ2) is 5.09. The lowest BCUT2D eigenvalue weighted by atomic mass is 10.2. The summed E-state index contributed by atoms with van der Waals surface area (Å²) in [5.74, 6) is -0.870. The maximum atomic E-state index is 10.8. The Balaban J connectivity index is 2.56. The summed E-state index contributed by atoms with van der Waals surface area (Å²) < 4.78 is 0. The minimum atomic E-state index is -0.870. The Kier molecular flexibility index (Phi) is 4.06. The third-order valence-electron chi connectivity index (χ3n) is 2.05. The molecule has 0 saturated carbocycles. The molecule has 1 aromatic heterocycles. The fourth-order valence-electron chi connectivity index (χ4n) is 1.25. The largest absolute Gasteiger partial charge is 0.480 e. The summed E-state index contributed by atoms with van der Waals surface area (Å²) in [5.41, 5.74) is 6.51. The second-order valence-electron chi connectivity index (χ2n) is 3.14. The van der Waals surface area contributed by atoms with E-state index in [4.69, 9.17) is 10.8 Å². The molecule has 0 bridgehead atoms. The van der Waals surface area contributed by atoms with Gasteiger partial charge in [0, 0.05) is 13.1 Å². The lowest BCUT2D eigenvalue weighted by Gasteiger charge is -2.22. The molecule has 1 aromatic rings. The molecule has 0 amide bonds. The number of carboxylic acids is 1. The molecule has 1 unspecified atom stereocenters. The summed E-state index contributed by atoms with van der Waals surface area (Å²) in [7, 11) is 1.77. The van der Waals surface area contributed by atoms with Crippen molar-refractivity contribution >= 4 is 17.3 Å². The van der Waals surface area contributed by atoms with Crippen molar-refractivity contribution in [2.24, 2.45) is 5.73 Å². The molecule has 0 fully saturated rings. The summed E-state index contributed by atoms with van der Waals surface area (Å²) in [6, 6.07) is 1.38. The van der Waals surface area contributed by atoms with Gasteiger partial charge in [-0.05, 0) is 29.4 Å². The van der Waals surface area contributed by atoms with E-state index in [-0.39, 0.29) is 6.54 Å². The minimum absolute atomic E-state index is 0.135. The number of carbonyl (C=O) groups is 1. The SMILES string of the molecule is CN(Cc1ccsc1)C(CN)C(=O)O. The van der Waals surface area contributed by atoms with Gasteiger partial charge in [0.25, 0.3) is 0 Å². The summed E-state index contributed by atoms with van der Waals surface area (Å²) in [6.45, 7) is 0.758. The lowest BCUT2D eigenvalue weighted by molar-refractivity contribution is -0.142. The Hall–Kier alpha value is -0.910. The molecule has 0 spiro atoms. The topological polar surface area (TPSA) is 66.6 Å². The first-order valence-electron chi connectivity index (χ1n) is 4.29. The smallest absolute Gasteiger partial charge is 0.322 e. The van der Waals surface area contributed by atoms with E-state index in [1.54, 1.807) is 23.3 Å². The number of nitrogens with two attached hydrogens (primary N) is 1. The molecule has 0 saturated heterocycles. The molecule has 1 atom stereocenters. The van der Waals surface area contributed by atoms with Crippen molar-refractivity contribution in [3.63, 3.8) is 0 Å². The molecule has 4 nitrogen and oxygen atoms in total. The quantitative estimate of drug-likeness (QED) is 0.753. The highest BCUT2D eigenvalue weighted by Crippen LogP contribution is 2.10. The zero-order valence-corrected chi connectivity index (χ0v) is 8.83. The number of likely N-dealkylation sites (N-methyl/N-ethyl adjacent to an activating group) is 1. The molecule has 0 radical (unpaired) electrons. The molecule has 78 valence electrons. The van der Waals surface area contributed by atoms with Crippen molar-refractivity contribution in [3.05, 3.63) is 22.4 Å². The Bertz CT molecular complexity index is 287. The molecular weight excluding hydrogens is 200 g/mol. The molecule has 0 aliphatic carbocycles. The average molecular weight is 214 g/mol. The van der Waals surface area contributed by atoms with E-state index < -0.39 is 12.0 Å². The van der Waals surface area contributed by atoms with Crippen molar-refractivity contribution in [1.29, 1.82) is 0 Å². The van der Waals surface area contributed by atoms with Gasteiger partial charge in [0.1, 0.15) is 6.04 Å². The normalized spacial score (nSPS) is 13.1. The molecule has 3 N–H and O–H groups in total. The van der Waals surface area contributed by atoms with Crippen molar-refractivity contribution in [3.8, 4) is 0 Å². The summed E-state index contributed by atoms with van der Waals surface area (Å²) in [6.07, 6.45) is 0. The van der Waals surface area contributed by atoms with Crippen LogP contribution in [0.25, 0.3) is 0 Å². The van der Waals surface area contributed by atoms with Crippen molar-refractivity contribution < 1.29 is 9.90 Å². The Morgan fingerprint density at radius 2 is 2.50 bits per heavy atom. The molecular formula is C9H14N2O2S. The van der Waals surface area contributed by atoms with Crippen LogP contribution in [-0.2, 0) is 11.3 Å². The number of rotatable bonds is 5. The van der Waals surface area contributed by atoms with Crippen molar-refractivity contribution in [1.82, 2.24) is 4.90 Å². The number of carboxylic acid groups (broad SMARTS) is 1. The van der Waals surface area contributed by atoms with Crippen LogP contribution in [0.1, 0.15) is 5.56 Å². The van der Waals surface area contributed by atoms with E-state index in [1.807, 2.05) is 16.8 Å². The van der Waals surface area contributed by atoms with Gasteiger partial charge < -0.3 is 10.8 Å². The zero-order chi connectivity index (χ0) is 10.6. The molecule has 1 rings (SSSR count). The van der Waals surface area contributed by atoms with Gasteiger partial charge in [-0.1, -0.05) is 0 Å². The van der Waals surface area contributed by atoms with Gasteiger partial charge in [-0.15, -0.1) is 0 Å². The van der Waals surface area contributed by atoms with Crippen LogP contribution in [0.5, 0.6) is 0 Å². The van der Waals surface area contributed by atoms with Crippen LogP contribution in [0.2, 0.25) is 0 Å². The molecule has 1 heterocycles. The van der Waals surface area contributed by atoms with Crippen LogP contribution in [-0.4, -0.2) is 35.6 Å². The standard InChI is InChI=1S/C9H14N2O2S/c1-11(8(4-10)9(12)13)5-7-2-3-14-6-7/h2-3,6,8H,4-5,10H2,1H3,(H,12,13). The summed E-state index contributed by atoms with van der Waals surface area (Å²) >= 11 is 1.60. The van der Waals surface area contributed by atoms with E-state index in [0.717, 1.165) is 5.56 Å². The molecule has 0 aromatic carbocycles. The van der Waals surface area contributed by atoms with Crippen LogP contribution in [0.3, 0.4) is 0 Å². The predicted octanol–water partition coefficient (Wildman–Crippen LogP) is 0.592. The first-order valence-corrected chi connectivity index (χ1v) is 5.23. The first kappa shape index (κ1) is 11.2. The van der Waals surface area contributed by atoms with Gasteiger partial charge in [0.15, 0.2) is 0 Å². The number of nitrogens with zero attached hydrogens (tertiary/aromatic N) is 1. The Labute approximate surface area is 87.0 Å². The van der Waals surface area contributed by atoms with Crippen LogP contribution in [0.15, 0.2) is 16.8 Å². The summed E-state index contributed by atoms with van der Waals surface area (Å²) in [5, 5.41) is 12.8. The monoisotopic (exact) mass is 214 g/mol. The molecule has 0 aliphatic heterocycles. The number of aliphatic carboxylic acids is 1. The molecule has 5 heteroatoms. The first-order chi connectivity index (χ1) is 6.65. The Morgan fingerprint density at radius 3 is 2.93 bits per heavy atom. The predicted molar refractivity (Wildman–Crippen MR) is 56.3 cm³/mol. The van der Waals surface area contributed by atoms with Gasteiger partial charge in [-0.2, -0.15) is 11.3 Å². The van der Waals surface area contributed by atoms with E-state index >= 15 is 0 Å². The van der Waals surface area contributed by atoms with Gasteiger partial charge in [-0.3, -0.25) is 9.69 Å². The number of hydrogen-bond acceptors (Lipinski definition) is 4. The van der Waals surface area contributed by atoms with Crippen molar-refractivity contribution in [2.75, 3.05) is 13.6 Å². The number of hydrogen-bond donors (Lipinski definition) is 2. The fraction of sp³-hybridized carbons (Fsp3) is 0.444. The fourth-order valence-corrected chi connectivity index (χ4v) is 1.91. The van der Waals surface area contributed by atoms with Gasteiger partial charge in [0.2, 0.25) is 0 Å². The maximum Gasteiger partial charge on any atom is 0.322 e. The lowest BCUT2D eigenvalue weighted by Crippen LogP contribution is -2.43. The third-order valence-corrected chi connectivity index (χ3v) is 2.78. The van der Waals surface area contributed by atoms with Gasteiger partial charge >= 0.3 is 5.97 Å². The third kappa shape index (κ3) is 2.80. The van der Waals surface area contributed by atoms with Crippen molar-refractivity contribution in [2.45, 2.75) is 12.6 Å². The van der Waals surface area contributed by atoms with Crippen LogP contribution < -0.4 is 5.73 Å². The highest BCUT2D eigenvalue weighted by molar-refractivity contribution is 7.07. The maximum absolute atomic E-state index is 10.8. The number of thiophene rings is 1. The van der Waals surface area contributed by atoms with E-state index in [0.29, 0.717) is 6.54 Å². The van der Waals surface area contributed by atoms with Crippen LogP contribution in [0.4, 0.5) is 0 Å². The highest BCUT2D eigenvalue weighted by atomic mass is 32.1. The minimum Gasteiger partial charge on any atom is -0.480 e. The van der Waals surface area contributed by atoms with E-state index in [2.05, 4.69) is 0 Å². The molecule has 14 heavy (non-hydrogen) atoms. The summed E-state index contributed by atoms with van der Waals surface area (Å²) in [4.78, 5) is 12.5. The van der Waals surface area contributed by atoms with E-state index in [1.165, 1.54) is 0 Å². The van der Waals surface area contributed by atoms with E-state index in [9.17, 15) is 4.79 Å². The van der Waals surface area contributed by atoms with Gasteiger partial charge in [-0.25, -0.2) is 0 Å².